The summed E-state index contributed by atoms with van der Waals surface area (Å²) >= 11 is 6.06. The Hall–Kier alpha value is -2.71. The number of benzene rings is 1. The van der Waals surface area contributed by atoms with Crippen LogP contribution < -0.4 is 16.2 Å². The number of alkyl halides is 4. The quantitative estimate of drug-likeness (QED) is 0.352. The van der Waals surface area contributed by atoms with Gasteiger partial charge in [0.25, 0.3) is 5.91 Å². The summed E-state index contributed by atoms with van der Waals surface area (Å²) in [6, 6.07) is 2.62. The molecule has 1 aromatic rings. The van der Waals surface area contributed by atoms with E-state index in [2.05, 4.69) is 16.2 Å². The lowest BCUT2D eigenvalue weighted by Gasteiger charge is -2.45. The van der Waals surface area contributed by atoms with Gasteiger partial charge in [0.05, 0.1) is 29.5 Å². The number of hydrogen-bond acceptors (Lipinski definition) is 7. The molecule has 14 heteroatoms. The number of likely N-dealkylation sites (N-methyl/N-ethyl adjacent to an activating group) is 1. The average Bonchev–Trinajstić information content (AvgIpc) is 3.20. The third kappa shape index (κ3) is 5.89. The summed E-state index contributed by atoms with van der Waals surface area (Å²) < 4.78 is 60.7. The number of nitrogens with one attached hydrogen (secondary N) is 3. The van der Waals surface area contributed by atoms with Crippen molar-refractivity contribution in [3.05, 3.63) is 51.7 Å². The number of anilines is 1. The van der Waals surface area contributed by atoms with Crippen LogP contribution in [-0.2, 0) is 20.5 Å². The van der Waals surface area contributed by atoms with E-state index >= 15 is 4.39 Å². The van der Waals surface area contributed by atoms with Gasteiger partial charge in [0.1, 0.15) is 18.9 Å². The first-order chi connectivity index (χ1) is 19.8. The number of rotatable bonds is 4. The van der Waals surface area contributed by atoms with E-state index in [1.54, 1.807) is 0 Å². The van der Waals surface area contributed by atoms with E-state index in [4.69, 9.17) is 16.3 Å². The Bertz CT molecular complexity index is 1310. The number of carbonyl (C=O) groups is 2. The first-order valence-corrected chi connectivity index (χ1v) is 14.3. The van der Waals surface area contributed by atoms with Crippen LogP contribution in [0, 0.1) is 11.3 Å². The summed E-state index contributed by atoms with van der Waals surface area (Å²) in [6.45, 7) is 3.15. The van der Waals surface area contributed by atoms with Crippen LogP contribution in [0.5, 0.6) is 0 Å². The monoisotopic (exact) mass is 614 g/mol. The van der Waals surface area contributed by atoms with E-state index < -0.39 is 47.9 Å². The Morgan fingerprint density at radius 2 is 2.05 bits per heavy atom. The fourth-order valence-electron chi connectivity index (χ4n) is 6.40. The Morgan fingerprint density at radius 3 is 2.69 bits per heavy atom. The normalized spacial score (nSPS) is 29.6. The fraction of sp³-hybridized carbons (Fsp3) is 0.571. The van der Waals surface area contributed by atoms with Gasteiger partial charge in [-0.3, -0.25) is 14.6 Å². The lowest BCUT2D eigenvalue weighted by Crippen LogP contribution is -2.63. The second kappa shape index (κ2) is 11.8. The van der Waals surface area contributed by atoms with Crippen molar-refractivity contribution in [3.63, 3.8) is 0 Å². The number of nitrogens with zero attached hydrogens (tertiary/aromatic N) is 3. The molecule has 1 fully saturated rings. The molecule has 9 nitrogen and oxygen atoms in total. The van der Waals surface area contributed by atoms with Gasteiger partial charge in [0.15, 0.2) is 0 Å². The first kappa shape index (κ1) is 30.7. The Morgan fingerprint density at radius 1 is 1.29 bits per heavy atom. The number of halogens is 5. The minimum atomic E-state index is -4.59. The lowest BCUT2D eigenvalue weighted by molar-refractivity contribution is -0.139. The average molecular weight is 615 g/mol. The van der Waals surface area contributed by atoms with Gasteiger partial charge in [-0.1, -0.05) is 24.6 Å². The zero-order chi connectivity index (χ0) is 30.4. The highest BCUT2D eigenvalue weighted by Gasteiger charge is 2.56. The topological polar surface area (TPSA) is 89.2 Å². The molecule has 1 aromatic carbocycles. The van der Waals surface area contributed by atoms with Gasteiger partial charge >= 0.3 is 6.18 Å². The van der Waals surface area contributed by atoms with Crippen molar-refractivity contribution in [2.45, 2.75) is 44.7 Å². The molecule has 3 N–H and O–H groups in total. The summed E-state index contributed by atoms with van der Waals surface area (Å²) in [5.74, 6) is -1.35. The Kier molecular flexibility index (Phi) is 8.61. The molecule has 3 heterocycles. The molecule has 42 heavy (non-hydrogen) atoms. The molecule has 0 radical (unpaired) electrons. The number of carbonyl (C=O) groups excluding carboxylic acids is 2. The van der Waals surface area contributed by atoms with Gasteiger partial charge in [0, 0.05) is 30.3 Å². The third-order valence-electron chi connectivity index (χ3n) is 8.58. The van der Waals surface area contributed by atoms with Crippen molar-refractivity contribution in [2.24, 2.45) is 11.3 Å². The van der Waals surface area contributed by atoms with Gasteiger partial charge < -0.3 is 20.4 Å². The summed E-state index contributed by atoms with van der Waals surface area (Å²) in [6.07, 6.45) is -3.05. The maximum absolute atomic E-state index is 15.9. The van der Waals surface area contributed by atoms with E-state index in [9.17, 15) is 22.8 Å². The molecule has 2 amide bonds. The van der Waals surface area contributed by atoms with Gasteiger partial charge in [-0.2, -0.15) is 13.2 Å². The smallest absolute Gasteiger partial charge is 0.377 e. The highest BCUT2D eigenvalue weighted by molar-refractivity contribution is 6.33. The number of amides is 2. The second-order valence-corrected chi connectivity index (χ2v) is 11.9. The predicted octanol–water partition coefficient (Wildman–Crippen LogP) is 3.71. The van der Waals surface area contributed by atoms with Gasteiger partial charge in [-0.25, -0.2) is 14.8 Å². The second-order valence-electron chi connectivity index (χ2n) is 11.5. The molecule has 4 atom stereocenters. The van der Waals surface area contributed by atoms with E-state index in [1.165, 1.54) is 5.01 Å². The van der Waals surface area contributed by atoms with Crippen molar-refractivity contribution in [2.75, 3.05) is 52.3 Å². The molecular weight excluding hydrogens is 580 g/mol. The molecule has 4 aliphatic rings. The standard InChI is InChI=1S/C28H35ClF4N6O3/c1-16-13-27(8-9-37(2)14-21(27)30)23-24(16)35-38(3)25(17-6-10-42-11-7-17)36-39(26(23)41)15-22(40)34-20-5-4-18(12-19(20)29)28(31,32)33/h4-6,12,16,21,25,35-36H,7-11,13-15H2,1-3H3,(H,34,40). The van der Waals surface area contributed by atoms with Crippen LogP contribution in [0.25, 0.3) is 0 Å². The van der Waals surface area contributed by atoms with Crippen LogP contribution in [0.3, 0.4) is 0 Å². The molecule has 4 unspecified atom stereocenters. The largest absolute Gasteiger partial charge is 0.416 e. The van der Waals surface area contributed by atoms with Gasteiger partial charge in [-0.15, -0.1) is 0 Å². The molecule has 1 spiro atoms. The summed E-state index contributed by atoms with van der Waals surface area (Å²) in [5.41, 5.74) is 6.43. The van der Waals surface area contributed by atoms with Gasteiger partial charge in [-0.05, 0) is 62.5 Å². The molecular formula is C28H35ClF4N6O3. The third-order valence-corrected chi connectivity index (χ3v) is 8.90. The minimum Gasteiger partial charge on any atom is -0.377 e. The number of piperidine rings is 1. The summed E-state index contributed by atoms with van der Waals surface area (Å²) in [4.78, 5) is 29.5. The van der Waals surface area contributed by atoms with Crippen LogP contribution >= 0.6 is 11.6 Å². The van der Waals surface area contributed by atoms with Crippen LogP contribution in [-0.4, -0.2) is 86.0 Å². The minimum absolute atomic E-state index is 0.0263. The van der Waals surface area contributed by atoms with Gasteiger partial charge in [0.2, 0.25) is 5.91 Å². The van der Waals surface area contributed by atoms with Crippen molar-refractivity contribution in [3.8, 4) is 0 Å². The maximum atomic E-state index is 15.9. The summed E-state index contributed by atoms with van der Waals surface area (Å²) in [7, 11) is 3.66. The van der Waals surface area contributed by atoms with E-state index in [-0.39, 0.29) is 23.2 Å². The lowest BCUT2D eigenvalue weighted by atomic mass is 9.70. The van der Waals surface area contributed by atoms with Crippen molar-refractivity contribution in [1.82, 2.24) is 25.8 Å². The zero-order valence-corrected chi connectivity index (χ0v) is 24.4. The first-order valence-electron chi connectivity index (χ1n) is 13.9. The number of ether oxygens (including phenoxy) is 1. The van der Waals surface area contributed by atoms with Crippen LogP contribution in [0.4, 0.5) is 23.2 Å². The van der Waals surface area contributed by atoms with Crippen molar-refractivity contribution >= 4 is 29.1 Å². The molecule has 0 aromatic heterocycles. The fourth-order valence-corrected chi connectivity index (χ4v) is 6.63. The van der Waals surface area contributed by atoms with Crippen LogP contribution in [0.2, 0.25) is 5.02 Å². The molecule has 5 rings (SSSR count). The van der Waals surface area contributed by atoms with Crippen LogP contribution in [0.1, 0.15) is 31.7 Å². The predicted molar refractivity (Wildman–Crippen MR) is 148 cm³/mol. The number of fused-ring (bicyclic) bond motifs is 1. The molecule has 3 aliphatic heterocycles. The number of allylic oxidation sites excluding steroid dienone is 1. The highest BCUT2D eigenvalue weighted by Crippen LogP contribution is 2.53. The number of hydrazine groups is 2. The van der Waals surface area contributed by atoms with Crippen molar-refractivity contribution in [1.29, 1.82) is 0 Å². The maximum Gasteiger partial charge on any atom is 0.416 e. The number of hydrogen-bond donors (Lipinski definition) is 3. The zero-order valence-electron chi connectivity index (χ0n) is 23.7. The molecule has 1 saturated heterocycles. The molecule has 0 bridgehead atoms. The van der Waals surface area contributed by atoms with E-state index in [0.717, 1.165) is 23.8 Å². The molecule has 0 saturated carbocycles. The highest BCUT2D eigenvalue weighted by atomic mass is 35.5. The Balaban J connectivity index is 1.48. The number of likely N-dealkylation sites (tertiary alicyclic amines) is 1. The molecule has 230 valence electrons. The molecule has 1 aliphatic carbocycles. The van der Waals surface area contributed by atoms with Crippen molar-refractivity contribution < 1.29 is 31.9 Å². The Labute approximate surface area is 246 Å². The SMILES string of the molecule is CC1CC2(CCN(C)CC2F)C2=C1NN(C)C(C1=CCOCC1)NN(CC(=O)Nc1ccc(C(F)(F)F)cc1Cl)C2=O. The summed E-state index contributed by atoms with van der Waals surface area (Å²) in [5, 5.41) is 5.23. The van der Waals surface area contributed by atoms with E-state index in [0.29, 0.717) is 50.3 Å². The van der Waals surface area contributed by atoms with E-state index in [1.807, 2.05) is 37.0 Å². The van der Waals surface area contributed by atoms with Crippen LogP contribution in [0.15, 0.2) is 41.1 Å².